The highest BCUT2D eigenvalue weighted by molar-refractivity contribution is 5.95. The van der Waals surface area contributed by atoms with E-state index in [2.05, 4.69) is 5.32 Å². The summed E-state index contributed by atoms with van der Waals surface area (Å²) in [5.41, 5.74) is 0.845. The number of benzene rings is 2. The Morgan fingerprint density at radius 3 is 2.58 bits per heavy atom. The third-order valence-corrected chi connectivity index (χ3v) is 4.78. The summed E-state index contributed by atoms with van der Waals surface area (Å²) in [7, 11) is 2.93. The van der Waals surface area contributed by atoms with Gasteiger partial charge in [0, 0.05) is 18.7 Å². The van der Waals surface area contributed by atoms with E-state index in [9.17, 15) is 18.4 Å². The first kappa shape index (κ1) is 22.1. The predicted octanol–water partition coefficient (Wildman–Crippen LogP) is 3.57. The molecule has 0 saturated heterocycles. The summed E-state index contributed by atoms with van der Waals surface area (Å²) in [6.07, 6.45) is 0. The molecule has 0 spiro atoms. The minimum atomic E-state index is -0.900. The lowest BCUT2D eigenvalue weighted by Crippen LogP contribution is -2.48. The van der Waals surface area contributed by atoms with Crippen LogP contribution in [0.3, 0.4) is 0 Å². The standard InChI is InChI=1S/C22H22F2N2O5/c1-4-30-21(27)19-16(12-31-18-10-9-13(23)11-15(18)24)26(2)22(28)25-20(19)14-7-5-6-8-17(14)29-3/h5-11,20H,4,12H2,1-3H3,(H,25,28). The molecule has 0 aromatic heterocycles. The van der Waals surface area contributed by atoms with Crippen LogP contribution >= 0.6 is 0 Å². The van der Waals surface area contributed by atoms with Crippen molar-refractivity contribution in [3.63, 3.8) is 0 Å². The van der Waals surface area contributed by atoms with Crippen molar-refractivity contribution >= 4 is 12.0 Å². The molecule has 7 nitrogen and oxygen atoms in total. The van der Waals surface area contributed by atoms with E-state index in [0.29, 0.717) is 17.4 Å². The number of methoxy groups -OCH3 is 1. The first-order valence-electron chi connectivity index (χ1n) is 9.52. The quantitative estimate of drug-likeness (QED) is 0.677. The van der Waals surface area contributed by atoms with Crippen molar-refractivity contribution in [1.82, 2.24) is 10.2 Å². The Labute approximate surface area is 178 Å². The second kappa shape index (κ2) is 9.46. The van der Waals surface area contributed by atoms with E-state index in [4.69, 9.17) is 14.2 Å². The number of carbonyl (C=O) groups excluding carboxylic acids is 2. The second-order valence-electron chi connectivity index (χ2n) is 6.63. The smallest absolute Gasteiger partial charge is 0.338 e. The summed E-state index contributed by atoms with van der Waals surface area (Å²) in [4.78, 5) is 26.7. The summed E-state index contributed by atoms with van der Waals surface area (Å²) in [6.45, 7) is 1.44. The van der Waals surface area contributed by atoms with Crippen LogP contribution in [-0.4, -0.2) is 44.3 Å². The van der Waals surface area contributed by atoms with Crippen LogP contribution in [0.2, 0.25) is 0 Å². The van der Waals surface area contributed by atoms with Gasteiger partial charge < -0.3 is 19.5 Å². The number of carbonyl (C=O) groups is 2. The Hall–Kier alpha value is -3.62. The third kappa shape index (κ3) is 4.60. The molecule has 1 unspecified atom stereocenters. The minimum Gasteiger partial charge on any atom is -0.496 e. The number of nitrogens with zero attached hydrogens (tertiary/aromatic N) is 1. The monoisotopic (exact) mass is 432 g/mol. The molecule has 0 fully saturated rings. The third-order valence-electron chi connectivity index (χ3n) is 4.78. The van der Waals surface area contributed by atoms with Gasteiger partial charge >= 0.3 is 12.0 Å². The first-order chi connectivity index (χ1) is 14.9. The fraction of sp³-hybridized carbons (Fsp3) is 0.273. The van der Waals surface area contributed by atoms with Crippen molar-refractivity contribution < 1.29 is 32.6 Å². The highest BCUT2D eigenvalue weighted by Gasteiger charge is 2.38. The number of urea groups is 1. The molecule has 0 radical (unpaired) electrons. The molecular formula is C22H22F2N2O5. The Morgan fingerprint density at radius 1 is 1.16 bits per heavy atom. The Kier molecular flexibility index (Phi) is 6.74. The molecule has 2 amide bonds. The predicted molar refractivity (Wildman–Crippen MR) is 108 cm³/mol. The molecule has 0 saturated carbocycles. The molecule has 3 rings (SSSR count). The van der Waals surface area contributed by atoms with Crippen molar-refractivity contribution in [1.29, 1.82) is 0 Å². The molecule has 1 heterocycles. The average Bonchev–Trinajstić information content (AvgIpc) is 2.75. The summed E-state index contributed by atoms with van der Waals surface area (Å²) in [6, 6.07) is 8.41. The Bertz CT molecular complexity index is 1020. The van der Waals surface area contributed by atoms with Crippen LogP contribution in [0.25, 0.3) is 0 Å². The summed E-state index contributed by atoms with van der Waals surface area (Å²) >= 11 is 0. The van der Waals surface area contributed by atoms with Crippen molar-refractivity contribution in [2.45, 2.75) is 13.0 Å². The second-order valence-corrected chi connectivity index (χ2v) is 6.63. The number of ether oxygens (including phenoxy) is 3. The minimum absolute atomic E-state index is 0.110. The van der Waals surface area contributed by atoms with Gasteiger partial charge in [0.05, 0.1) is 31.0 Å². The SMILES string of the molecule is CCOC(=O)C1=C(COc2ccc(F)cc2F)N(C)C(=O)NC1c1ccccc1OC. The van der Waals surface area contributed by atoms with Gasteiger partial charge in [0.25, 0.3) is 0 Å². The number of likely N-dealkylation sites (N-methyl/N-ethyl adjacent to an activating group) is 1. The molecule has 1 N–H and O–H groups in total. The lowest BCUT2D eigenvalue weighted by Gasteiger charge is -2.34. The van der Waals surface area contributed by atoms with Crippen LogP contribution in [0.4, 0.5) is 13.6 Å². The van der Waals surface area contributed by atoms with Crippen LogP contribution in [0, 0.1) is 11.6 Å². The molecule has 9 heteroatoms. The topological polar surface area (TPSA) is 77.1 Å². The van der Waals surface area contributed by atoms with Gasteiger partial charge in [-0.25, -0.2) is 18.4 Å². The number of amides is 2. The molecule has 1 atom stereocenters. The van der Waals surface area contributed by atoms with Crippen molar-refractivity contribution in [3.05, 3.63) is 70.9 Å². The van der Waals surface area contributed by atoms with Crippen molar-refractivity contribution in [3.8, 4) is 11.5 Å². The van der Waals surface area contributed by atoms with Gasteiger partial charge in [-0.05, 0) is 25.1 Å². The molecule has 2 aromatic carbocycles. The number of hydrogen-bond acceptors (Lipinski definition) is 5. The van der Waals surface area contributed by atoms with Crippen LogP contribution < -0.4 is 14.8 Å². The summed E-state index contributed by atoms with van der Waals surface area (Å²) in [5, 5.41) is 2.76. The highest BCUT2D eigenvalue weighted by atomic mass is 19.1. The zero-order valence-electron chi connectivity index (χ0n) is 17.3. The van der Waals surface area contributed by atoms with Crippen LogP contribution in [0.1, 0.15) is 18.5 Å². The molecule has 1 aliphatic heterocycles. The van der Waals surface area contributed by atoms with E-state index in [1.54, 1.807) is 31.2 Å². The van der Waals surface area contributed by atoms with E-state index in [-0.39, 0.29) is 30.2 Å². The van der Waals surface area contributed by atoms with Crippen molar-refractivity contribution in [2.24, 2.45) is 0 Å². The molecule has 0 bridgehead atoms. The molecular weight excluding hydrogens is 410 g/mol. The average molecular weight is 432 g/mol. The summed E-state index contributed by atoms with van der Waals surface area (Å²) in [5.74, 6) is -2.07. The maximum atomic E-state index is 14.0. The zero-order chi connectivity index (χ0) is 22.5. The van der Waals surface area contributed by atoms with Gasteiger partial charge in [0.15, 0.2) is 11.6 Å². The molecule has 2 aromatic rings. The number of para-hydroxylation sites is 1. The van der Waals surface area contributed by atoms with Gasteiger partial charge in [-0.3, -0.25) is 4.90 Å². The molecule has 31 heavy (non-hydrogen) atoms. The molecule has 0 aliphatic carbocycles. The number of rotatable bonds is 7. The Balaban J connectivity index is 2.07. The number of esters is 1. The number of nitrogens with one attached hydrogen (secondary N) is 1. The van der Waals surface area contributed by atoms with E-state index in [1.165, 1.54) is 19.1 Å². The van der Waals surface area contributed by atoms with Gasteiger partial charge in [0.2, 0.25) is 0 Å². The van der Waals surface area contributed by atoms with Gasteiger partial charge in [0.1, 0.15) is 18.2 Å². The van der Waals surface area contributed by atoms with Gasteiger partial charge in [-0.15, -0.1) is 0 Å². The number of halogens is 2. The molecule has 1 aliphatic rings. The van der Waals surface area contributed by atoms with E-state index in [1.807, 2.05) is 0 Å². The van der Waals surface area contributed by atoms with Crippen molar-refractivity contribution in [2.75, 3.05) is 27.4 Å². The maximum Gasteiger partial charge on any atom is 0.338 e. The first-order valence-corrected chi connectivity index (χ1v) is 9.52. The largest absolute Gasteiger partial charge is 0.496 e. The number of hydrogen-bond donors (Lipinski definition) is 1. The fourth-order valence-electron chi connectivity index (χ4n) is 3.26. The Morgan fingerprint density at radius 2 is 1.90 bits per heavy atom. The van der Waals surface area contributed by atoms with E-state index < -0.39 is 29.7 Å². The van der Waals surface area contributed by atoms with Crippen LogP contribution in [-0.2, 0) is 9.53 Å². The van der Waals surface area contributed by atoms with Crippen LogP contribution in [0.5, 0.6) is 11.5 Å². The lowest BCUT2D eigenvalue weighted by molar-refractivity contribution is -0.139. The maximum absolute atomic E-state index is 14.0. The fourth-order valence-corrected chi connectivity index (χ4v) is 3.26. The zero-order valence-corrected chi connectivity index (χ0v) is 17.3. The van der Waals surface area contributed by atoms with E-state index in [0.717, 1.165) is 12.1 Å². The van der Waals surface area contributed by atoms with Gasteiger partial charge in [-0.2, -0.15) is 0 Å². The lowest BCUT2D eigenvalue weighted by atomic mass is 9.94. The summed E-state index contributed by atoms with van der Waals surface area (Å²) < 4.78 is 43.3. The molecule has 164 valence electrons. The van der Waals surface area contributed by atoms with Gasteiger partial charge in [-0.1, -0.05) is 18.2 Å². The highest BCUT2D eigenvalue weighted by Crippen LogP contribution is 2.35. The van der Waals surface area contributed by atoms with E-state index >= 15 is 0 Å². The van der Waals surface area contributed by atoms with Crippen LogP contribution in [0.15, 0.2) is 53.7 Å². The normalized spacial score (nSPS) is 16.1.